The Morgan fingerprint density at radius 1 is 1.48 bits per heavy atom. The highest BCUT2D eigenvalue weighted by Crippen LogP contribution is 2.28. The van der Waals surface area contributed by atoms with E-state index in [1.807, 2.05) is 44.2 Å². The van der Waals surface area contributed by atoms with Crippen molar-refractivity contribution < 1.29 is 14.6 Å². The maximum atomic E-state index is 12.7. The highest BCUT2D eigenvalue weighted by Gasteiger charge is 2.35. The minimum Gasteiger partial charge on any atom is -0.394 e. The van der Waals surface area contributed by atoms with Crippen LogP contribution in [0.4, 0.5) is 0 Å². The van der Waals surface area contributed by atoms with Gasteiger partial charge in [-0.15, -0.1) is 11.3 Å². The summed E-state index contributed by atoms with van der Waals surface area (Å²) < 4.78 is 6.88. The summed E-state index contributed by atoms with van der Waals surface area (Å²) in [5, 5.41) is 10.4. The Kier molecular flexibility index (Phi) is 3.73. The van der Waals surface area contributed by atoms with Gasteiger partial charge in [0.1, 0.15) is 0 Å². The number of rotatable bonds is 2. The van der Waals surface area contributed by atoms with E-state index in [0.29, 0.717) is 13.1 Å². The number of fused-ring (bicyclic) bond motifs is 1. The van der Waals surface area contributed by atoms with Crippen molar-refractivity contribution in [3.05, 3.63) is 35.2 Å². The maximum Gasteiger partial charge on any atom is 0.264 e. The van der Waals surface area contributed by atoms with Gasteiger partial charge in [-0.25, -0.2) is 0 Å². The SMILES string of the molecule is CC1(C)CN(C(=O)c2cc3ccccc3s2)CC(CO)O1. The number of aliphatic hydroxyl groups is 1. The Morgan fingerprint density at radius 2 is 2.24 bits per heavy atom. The molecule has 0 aliphatic carbocycles. The van der Waals surface area contributed by atoms with E-state index in [9.17, 15) is 9.90 Å². The van der Waals surface area contributed by atoms with E-state index in [0.717, 1.165) is 15.0 Å². The van der Waals surface area contributed by atoms with E-state index in [1.54, 1.807) is 4.90 Å². The van der Waals surface area contributed by atoms with E-state index in [2.05, 4.69) is 0 Å². The second-order valence-electron chi connectivity index (χ2n) is 6.02. The number of nitrogens with zero attached hydrogens (tertiary/aromatic N) is 1. The molecule has 0 radical (unpaired) electrons. The van der Waals surface area contributed by atoms with Crippen molar-refractivity contribution in [2.75, 3.05) is 19.7 Å². The molecule has 21 heavy (non-hydrogen) atoms. The van der Waals surface area contributed by atoms with E-state index in [1.165, 1.54) is 11.3 Å². The van der Waals surface area contributed by atoms with Crippen LogP contribution in [0.5, 0.6) is 0 Å². The number of thiophene rings is 1. The normalized spacial score (nSPS) is 21.7. The van der Waals surface area contributed by atoms with Crippen molar-refractivity contribution in [1.82, 2.24) is 4.90 Å². The van der Waals surface area contributed by atoms with Gasteiger partial charge in [-0.2, -0.15) is 0 Å². The molecule has 2 aromatic rings. The molecule has 1 N–H and O–H groups in total. The molecule has 0 saturated carbocycles. The predicted octanol–water partition coefficient (Wildman–Crippen LogP) is 2.51. The van der Waals surface area contributed by atoms with Gasteiger partial charge in [-0.3, -0.25) is 4.79 Å². The van der Waals surface area contributed by atoms with E-state index in [4.69, 9.17) is 4.74 Å². The number of morpholine rings is 1. The van der Waals surface area contributed by atoms with Crippen molar-refractivity contribution in [3.63, 3.8) is 0 Å². The molecule has 0 spiro atoms. The van der Waals surface area contributed by atoms with Crippen LogP contribution < -0.4 is 0 Å². The molecule has 5 heteroatoms. The number of carbonyl (C=O) groups is 1. The molecular formula is C16H19NO3S. The molecule has 2 heterocycles. The summed E-state index contributed by atoms with van der Waals surface area (Å²) in [5.41, 5.74) is -0.433. The van der Waals surface area contributed by atoms with Crippen LogP contribution in [0.15, 0.2) is 30.3 Å². The van der Waals surface area contributed by atoms with Gasteiger partial charge >= 0.3 is 0 Å². The first kappa shape index (κ1) is 14.5. The molecule has 1 fully saturated rings. The van der Waals surface area contributed by atoms with Crippen molar-refractivity contribution in [2.45, 2.75) is 25.6 Å². The van der Waals surface area contributed by atoms with Crippen molar-refractivity contribution in [2.24, 2.45) is 0 Å². The third-order valence-corrected chi connectivity index (χ3v) is 4.71. The van der Waals surface area contributed by atoms with Gasteiger partial charge in [0.25, 0.3) is 5.91 Å². The van der Waals surface area contributed by atoms with Gasteiger partial charge in [-0.05, 0) is 31.4 Å². The fourth-order valence-corrected chi connectivity index (χ4v) is 3.82. The van der Waals surface area contributed by atoms with E-state index >= 15 is 0 Å². The third kappa shape index (κ3) is 2.95. The van der Waals surface area contributed by atoms with Crippen LogP contribution >= 0.6 is 11.3 Å². The predicted molar refractivity (Wildman–Crippen MR) is 83.8 cm³/mol. The number of benzene rings is 1. The number of ether oxygens (including phenoxy) is 1. The first-order valence-electron chi connectivity index (χ1n) is 7.05. The first-order valence-corrected chi connectivity index (χ1v) is 7.87. The van der Waals surface area contributed by atoms with Crippen molar-refractivity contribution in [1.29, 1.82) is 0 Å². The third-order valence-electron chi connectivity index (χ3n) is 3.61. The zero-order valence-corrected chi connectivity index (χ0v) is 13.0. The lowest BCUT2D eigenvalue weighted by Gasteiger charge is -2.42. The molecule has 112 valence electrons. The molecule has 3 rings (SSSR count). The van der Waals surface area contributed by atoms with Gasteiger partial charge in [0.2, 0.25) is 0 Å². The number of carbonyl (C=O) groups excluding carboxylic acids is 1. The van der Waals surface area contributed by atoms with Crippen LogP contribution in [0.3, 0.4) is 0 Å². The summed E-state index contributed by atoms with van der Waals surface area (Å²) in [7, 11) is 0. The average molecular weight is 305 g/mol. The molecule has 0 bridgehead atoms. The number of amides is 1. The number of aliphatic hydroxyl groups excluding tert-OH is 1. The lowest BCUT2D eigenvalue weighted by molar-refractivity contribution is -0.139. The van der Waals surface area contributed by atoms with Gasteiger partial charge in [-0.1, -0.05) is 18.2 Å². The molecular weight excluding hydrogens is 286 g/mol. The summed E-state index contributed by atoms with van der Waals surface area (Å²) in [6.45, 7) is 4.79. The molecule has 1 aromatic heterocycles. The van der Waals surface area contributed by atoms with Gasteiger partial charge in [0, 0.05) is 17.8 Å². The minimum absolute atomic E-state index is 0.0195. The standard InChI is InChI=1S/C16H19NO3S/c1-16(2)10-17(8-12(9-18)20-16)15(19)14-7-11-5-3-4-6-13(11)21-14/h3-7,12,18H,8-10H2,1-2H3. The number of hydrogen-bond donors (Lipinski definition) is 1. The average Bonchev–Trinajstić information content (AvgIpc) is 2.88. The summed E-state index contributed by atoms with van der Waals surface area (Å²) in [4.78, 5) is 15.2. The Hall–Kier alpha value is -1.43. The summed E-state index contributed by atoms with van der Waals surface area (Å²) in [6, 6.07) is 9.94. The Morgan fingerprint density at radius 3 is 2.95 bits per heavy atom. The molecule has 1 aromatic carbocycles. The molecule has 1 atom stereocenters. The summed E-state index contributed by atoms with van der Waals surface area (Å²) in [5.74, 6) is 0.0195. The fourth-order valence-electron chi connectivity index (χ4n) is 2.79. The lowest BCUT2D eigenvalue weighted by atomic mass is 10.1. The van der Waals surface area contributed by atoms with Crippen molar-refractivity contribution >= 4 is 27.3 Å². The highest BCUT2D eigenvalue weighted by molar-refractivity contribution is 7.20. The van der Waals surface area contributed by atoms with Crippen LogP contribution in [0.1, 0.15) is 23.5 Å². The van der Waals surface area contributed by atoms with Crippen LogP contribution in [-0.4, -0.2) is 47.3 Å². The smallest absolute Gasteiger partial charge is 0.264 e. The Balaban J connectivity index is 1.86. The molecule has 1 aliphatic heterocycles. The topological polar surface area (TPSA) is 49.8 Å². The monoisotopic (exact) mass is 305 g/mol. The second-order valence-corrected chi connectivity index (χ2v) is 7.10. The molecule has 1 amide bonds. The molecule has 1 aliphatic rings. The van der Waals surface area contributed by atoms with Crippen LogP contribution in [0.25, 0.3) is 10.1 Å². The van der Waals surface area contributed by atoms with Crippen LogP contribution in [0, 0.1) is 0 Å². The van der Waals surface area contributed by atoms with Gasteiger partial charge in [0.15, 0.2) is 0 Å². The zero-order valence-electron chi connectivity index (χ0n) is 12.2. The fraction of sp³-hybridized carbons (Fsp3) is 0.438. The van der Waals surface area contributed by atoms with Crippen LogP contribution in [-0.2, 0) is 4.74 Å². The van der Waals surface area contributed by atoms with E-state index < -0.39 is 5.60 Å². The summed E-state index contributed by atoms with van der Waals surface area (Å²) >= 11 is 1.51. The highest BCUT2D eigenvalue weighted by atomic mass is 32.1. The lowest BCUT2D eigenvalue weighted by Crippen LogP contribution is -2.55. The van der Waals surface area contributed by atoms with Gasteiger partial charge < -0.3 is 14.7 Å². The van der Waals surface area contributed by atoms with Gasteiger partial charge in [0.05, 0.1) is 23.2 Å². The van der Waals surface area contributed by atoms with E-state index in [-0.39, 0.29) is 18.6 Å². The van der Waals surface area contributed by atoms with Crippen molar-refractivity contribution in [3.8, 4) is 0 Å². The zero-order chi connectivity index (χ0) is 15.0. The quantitative estimate of drug-likeness (QED) is 0.927. The Bertz CT molecular complexity index is 631. The number of hydrogen-bond acceptors (Lipinski definition) is 4. The second kappa shape index (κ2) is 5.40. The Labute approximate surface area is 127 Å². The molecule has 4 nitrogen and oxygen atoms in total. The summed E-state index contributed by atoms with van der Waals surface area (Å²) in [6.07, 6.45) is -0.313. The largest absolute Gasteiger partial charge is 0.394 e. The molecule has 1 saturated heterocycles. The minimum atomic E-state index is -0.433. The molecule has 1 unspecified atom stereocenters. The first-order chi connectivity index (χ1) is 9.98. The van der Waals surface area contributed by atoms with Crippen LogP contribution in [0.2, 0.25) is 0 Å². The maximum absolute atomic E-state index is 12.7.